The highest BCUT2D eigenvalue weighted by Gasteiger charge is 2.20. The Balaban J connectivity index is 1.61. The highest BCUT2D eigenvalue weighted by atomic mass is 16.3. The van der Waals surface area contributed by atoms with Gasteiger partial charge in [-0.3, -0.25) is 0 Å². The average molecular weight is 245 g/mol. The first-order valence-corrected chi connectivity index (χ1v) is 6.65. The Kier molecular flexibility index (Phi) is 3.19. The lowest BCUT2D eigenvalue weighted by Gasteiger charge is -2.03. The van der Waals surface area contributed by atoms with Crippen LogP contribution in [0.3, 0.4) is 0 Å². The van der Waals surface area contributed by atoms with Gasteiger partial charge in [-0.25, -0.2) is 4.98 Å². The molecule has 0 spiro atoms. The smallest absolute Gasteiger partial charge is 0.123 e. The summed E-state index contributed by atoms with van der Waals surface area (Å²) >= 11 is 0. The molecule has 96 valence electrons. The molecule has 1 aliphatic rings. The second-order valence-electron chi connectivity index (χ2n) is 4.90. The normalized spacial score (nSPS) is 15.2. The maximum absolute atomic E-state index is 5.60. The molecule has 0 bridgehead atoms. The first kappa shape index (κ1) is 11.5. The molecule has 3 rings (SSSR count). The molecule has 1 fully saturated rings. The van der Waals surface area contributed by atoms with Crippen LogP contribution in [-0.2, 0) is 19.5 Å². The van der Waals surface area contributed by atoms with Crippen molar-refractivity contribution in [3.8, 4) is 0 Å². The van der Waals surface area contributed by atoms with Crippen LogP contribution >= 0.6 is 0 Å². The fourth-order valence-electron chi connectivity index (χ4n) is 2.12. The zero-order chi connectivity index (χ0) is 12.4. The van der Waals surface area contributed by atoms with E-state index in [2.05, 4.69) is 27.9 Å². The lowest BCUT2D eigenvalue weighted by atomic mass is 10.3. The van der Waals surface area contributed by atoms with E-state index in [0.717, 1.165) is 37.1 Å². The largest absolute Gasteiger partial charge is 0.467 e. The topological polar surface area (TPSA) is 43.0 Å². The Hall–Kier alpha value is -1.55. The minimum Gasteiger partial charge on any atom is -0.467 e. The number of hydrogen-bond donors (Lipinski definition) is 1. The van der Waals surface area contributed by atoms with Crippen molar-refractivity contribution in [3.63, 3.8) is 0 Å². The van der Waals surface area contributed by atoms with Crippen LogP contribution in [0.5, 0.6) is 0 Å². The summed E-state index contributed by atoms with van der Waals surface area (Å²) in [5, 5.41) is 3.49. The van der Waals surface area contributed by atoms with E-state index in [1.165, 1.54) is 18.4 Å². The highest BCUT2D eigenvalue weighted by molar-refractivity contribution is 5.14. The van der Waals surface area contributed by atoms with Gasteiger partial charge in [-0.1, -0.05) is 6.92 Å². The highest BCUT2D eigenvalue weighted by Crippen LogP contribution is 2.20. The van der Waals surface area contributed by atoms with Crippen molar-refractivity contribution in [2.45, 2.75) is 45.3 Å². The standard InChI is InChI=1S/C14H19N3O/c1-2-14-15-5-6-17(14)9-13-7-11(10-18-13)8-16-12-3-4-12/h5-7,10,12,16H,2-4,8-9H2,1H3. The third kappa shape index (κ3) is 2.64. The zero-order valence-corrected chi connectivity index (χ0v) is 10.7. The van der Waals surface area contributed by atoms with Crippen LogP contribution in [0.1, 0.15) is 36.9 Å². The summed E-state index contributed by atoms with van der Waals surface area (Å²) in [4.78, 5) is 4.31. The molecule has 0 unspecified atom stereocenters. The Morgan fingerprint density at radius 2 is 2.39 bits per heavy atom. The van der Waals surface area contributed by atoms with E-state index in [4.69, 9.17) is 4.42 Å². The van der Waals surface area contributed by atoms with Gasteiger partial charge in [0.1, 0.15) is 11.6 Å². The molecule has 0 amide bonds. The third-order valence-electron chi connectivity index (χ3n) is 3.32. The lowest BCUT2D eigenvalue weighted by Crippen LogP contribution is -2.14. The molecular formula is C14H19N3O. The van der Waals surface area contributed by atoms with Crippen LogP contribution in [0.2, 0.25) is 0 Å². The van der Waals surface area contributed by atoms with Gasteiger partial charge < -0.3 is 14.3 Å². The van der Waals surface area contributed by atoms with Crippen molar-refractivity contribution in [2.75, 3.05) is 0 Å². The van der Waals surface area contributed by atoms with Gasteiger partial charge in [-0.15, -0.1) is 0 Å². The predicted octanol–water partition coefficient (Wildman–Crippen LogP) is 2.34. The van der Waals surface area contributed by atoms with Gasteiger partial charge in [0.2, 0.25) is 0 Å². The summed E-state index contributed by atoms with van der Waals surface area (Å²) in [5.74, 6) is 2.10. The van der Waals surface area contributed by atoms with Crippen molar-refractivity contribution in [2.24, 2.45) is 0 Å². The molecule has 2 aromatic rings. The van der Waals surface area contributed by atoms with Gasteiger partial charge in [0, 0.05) is 37.0 Å². The molecule has 4 heteroatoms. The molecular weight excluding hydrogens is 226 g/mol. The van der Waals surface area contributed by atoms with E-state index in [1.54, 1.807) is 0 Å². The minimum absolute atomic E-state index is 0.740. The summed E-state index contributed by atoms with van der Waals surface area (Å²) in [5.41, 5.74) is 1.23. The van der Waals surface area contributed by atoms with Crippen LogP contribution in [0.4, 0.5) is 0 Å². The molecule has 0 saturated heterocycles. The van der Waals surface area contributed by atoms with Crippen LogP contribution in [0.15, 0.2) is 29.1 Å². The van der Waals surface area contributed by atoms with Gasteiger partial charge in [-0.2, -0.15) is 0 Å². The monoisotopic (exact) mass is 245 g/mol. The number of hydrogen-bond acceptors (Lipinski definition) is 3. The van der Waals surface area contributed by atoms with E-state index < -0.39 is 0 Å². The van der Waals surface area contributed by atoms with Crippen molar-refractivity contribution in [1.82, 2.24) is 14.9 Å². The minimum atomic E-state index is 0.740. The fraction of sp³-hybridized carbons (Fsp3) is 0.500. The number of imidazole rings is 1. The summed E-state index contributed by atoms with van der Waals surface area (Å²) in [6, 6.07) is 2.87. The maximum atomic E-state index is 5.60. The van der Waals surface area contributed by atoms with Gasteiger partial charge in [-0.05, 0) is 18.9 Å². The molecule has 0 aromatic carbocycles. The summed E-state index contributed by atoms with van der Waals surface area (Å²) < 4.78 is 7.74. The molecule has 0 atom stereocenters. The first-order chi connectivity index (χ1) is 8.85. The van der Waals surface area contributed by atoms with Gasteiger partial charge >= 0.3 is 0 Å². The van der Waals surface area contributed by atoms with E-state index in [-0.39, 0.29) is 0 Å². The number of rotatable bonds is 6. The Labute approximate surface area is 107 Å². The number of aryl methyl sites for hydroxylation is 1. The summed E-state index contributed by atoms with van der Waals surface area (Å²) in [7, 11) is 0. The van der Waals surface area contributed by atoms with E-state index in [1.807, 2.05) is 18.7 Å². The van der Waals surface area contributed by atoms with Gasteiger partial charge in [0.25, 0.3) is 0 Å². The SMILES string of the molecule is CCc1nccn1Cc1cc(CNC2CC2)co1. The van der Waals surface area contributed by atoms with Crippen LogP contribution in [-0.4, -0.2) is 15.6 Å². The third-order valence-corrected chi connectivity index (χ3v) is 3.32. The molecule has 18 heavy (non-hydrogen) atoms. The fourth-order valence-corrected chi connectivity index (χ4v) is 2.12. The maximum Gasteiger partial charge on any atom is 0.123 e. The van der Waals surface area contributed by atoms with Crippen LogP contribution < -0.4 is 5.32 Å². The van der Waals surface area contributed by atoms with Gasteiger partial charge in [0.15, 0.2) is 0 Å². The number of aromatic nitrogens is 2. The molecule has 2 heterocycles. The van der Waals surface area contributed by atoms with E-state index in [0.29, 0.717) is 0 Å². The molecule has 0 radical (unpaired) electrons. The van der Waals surface area contributed by atoms with Crippen molar-refractivity contribution < 1.29 is 4.42 Å². The van der Waals surface area contributed by atoms with Gasteiger partial charge in [0.05, 0.1) is 12.8 Å². The van der Waals surface area contributed by atoms with Crippen LogP contribution in [0, 0.1) is 0 Å². The Morgan fingerprint density at radius 3 is 3.17 bits per heavy atom. The average Bonchev–Trinajstić information content (AvgIpc) is 2.93. The number of nitrogens with one attached hydrogen (secondary N) is 1. The number of nitrogens with zero attached hydrogens (tertiary/aromatic N) is 2. The Bertz CT molecular complexity index is 511. The van der Waals surface area contributed by atoms with E-state index in [9.17, 15) is 0 Å². The summed E-state index contributed by atoms with van der Waals surface area (Å²) in [6.07, 6.45) is 9.29. The predicted molar refractivity (Wildman–Crippen MR) is 69.3 cm³/mol. The van der Waals surface area contributed by atoms with Crippen molar-refractivity contribution >= 4 is 0 Å². The number of furan rings is 1. The van der Waals surface area contributed by atoms with Crippen LogP contribution in [0.25, 0.3) is 0 Å². The molecule has 1 N–H and O–H groups in total. The van der Waals surface area contributed by atoms with E-state index >= 15 is 0 Å². The second-order valence-corrected chi connectivity index (χ2v) is 4.90. The second kappa shape index (κ2) is 4.98. The quantitative estimate of drug-likeness (QED) is 0.849. The Morgan fingerprint density at radius 1 is 1.50 bits per heavy atom. The molecule has 0 aliphatic heterocycles. The molecule has 1 aliphatic carbocycles. The zero-order valence-electron chi connectivity index (χ0n) is 10.7. The first-order valence-electron chi connectivity index (χ1n) is 6.65. The summed E-state index contributed by atoms with van der Waals surface area (Å²) in [6.45, 7) is 3.80. The lowest BCUT2D eigenvalue weighted by molar-refractivity contribution is 0.487. The molecule has 4 nitrogen and oxygen atoms in total. The van der Waals surface area contributed by atoms with Crippen molar-refractivity contribution in [3.05, 3.63) is 41.9 Å². The van der Waals surface area contributed by atoms with Crippen molar-refractivity contribution in [1.29, 1.82) is 0 Å². The molecule has 1 saturated carbocycles. The molecule has 2 aromatic heterocycles.